The summed E-state index contributed by atoms with van der Waals surface area (Å²) in [6.45, 7) is 1.65. The van der Waals surface area contributed by atoms with Crippen molar-refractivity contribution in [2.45, 2.75) is 19.3 Å². The van der Waals surface area contributed by atoms with Gasteiger partial charge in [0.05, 0.1) is 6.54 Å². The van der Waals surface area contributed by atoms with Crippen LogP contribution < -0.4 is 10.6 Å². The summed E-state index contributed by atoms with van der Waals surface area (Å²) in [5.74, 6) is -0.343. The Kier molecular flexibility index (Phi) is 7.15. The van der Waals surface area contributed by atoms with E-state index in [2.05, 4.69) is 10.6 Å². The van der Waals surface area contributed by atoms with E-state index in [0.717, 1.165) is 5.56 Å². The van der Waals surface area contributed by atoms with Crippen molar-refractivity contribution in [3.05, 3.63) is 33.8 Å². The van der Waals surface area contributed by atoms with Gasteiger partial charge in [-0.1, -0.05) is 29.3 Å². The zero-order chi connectivity index (χ0) is 16.7. The fourth-order valence-electron chi connectivity index (χ4n) is 2.40. The minimum absolute atomic E-state index is 0.00938. The molecule has 2 amide bonds. The topological polar surface area (TPSA) is 67.4 Å². The van der Waals surface area contributed by atoms with Crippen LogP contribution in [0.25, 0.3) is 0 Å². The van der Waals surface area contributed by atoms with Gasteiger partial charge in [-0.3, -0.25) is 9.59 Å². The van der Waals surface area contributed by atoms with Crippen LogP contribution in [0.15, 0.2) is 18.2 Å². The second-order valence-corrected chi connectivity index (χ2v) is 6.28. The van der Waals surface area contributed by atoms with Gasteiger partial charge in [0, 0.05) is 35.7 Å². The van der Waals surface area contributed by atoms with E-state index < -0.39 is 0 Å². The van der Waals surface area contributed by atoms with Crippen LogP contribution in [0.1, 0.15) is 18.4 Å². The number of hydrogen-bond acceptors (Lipinski definition) is 3. The predicted molar refractivity (Wildman–Crippen MR) is 89.7 cm³/mol. The molecule has 0 radical (unpaired) electrons. The first-order valence-corrected chi connectivity index (χ1v) is 8.38. The number of amides is 2. The summed E-state index contributed by atoms with van der Waals surface area (Å²) < 4.78 is 5.21. The number of benzene rings is 1. The largest absolute Gasteiger partial charge is 0.381 e. The number of hydrogen-bond donors (Lipinski definition) is 2. The fourth-order valence-corrected chi connectivity index (χ4v) is 2.90. The SMILES string of the molecule is O=C(CNC(=O)C1CCOCC1)NCCc1ccc(Cl)cc1Cl. The van der Waals surface area contributed by atoms with Gasteiger partial charge in [-0.2, -0.15) is 0 Å². The summed E-state index contributed by atoms with van der Waals surface area (Å²) in [6.07, 6.45) is 2.03. The lowest BCUT2D eigenvalue weighted by atomic mass is 9.99. The summed E-state index contributed by atoms with van der Waals surface area (Å²) in [6, 6.07) is 5.27. The van der Waals surface area contributed by atoms with Crippen molar-refractivity contribution < 1.29 is 14.3 Å². The molecule has 0 unspecified atom stereocenters. The lowest BCUT2D eigenvalue weighted by molar-refractivity contribution is -0.130. The summed E-state index contributed by atoms with van der Waals surface area (Å²) in [4.78, 5) is 23.7. The third-order valence-electron chi connectivity index (χ3n) is 3.75. The highest BCUT2D eigenvalue weighted by Crippen LogP contribution is 2.21. The normalized spacial score (nSPS) is 15.2. The van der Waals surface area contributed by atoms with E-state index in [0.29, 0.717) is 49.1 Å². The maximum absolute atomic E-state index is 11.9. The highest BCUT2D eigenvalue weighted by atomic mass is 35.5. The van der Waals surface area contributed by atoms with Crippen LogP contribution >= 0.6 is 23.2 Å². The smallest absolute Gasteiger partial charge is 0.239 e. The van der Waals surface area contributed by atoms with E-state index in [1.165, 1.54) is 0 Å². The van der Waals surface area contributed by atoms with E-state index in [4.69, 9.17) is 27.9 Å². The molecule has 5 nitrogen and oxygen atoms in total. The minimum atomic E-state index is -0.213. The van der Waals surface area contributed by atoms with Crippen LogP contribution in [-0.2, 0) is 20.7 Å². The Balaban J connectivity index is 1.65. The van der Waals surface area contributed by atoms with Crippen molar-refractivity contribution in [2.24, 2.45) is 5.92 Å². The number of nitrogens with one attached hydrogen (secondary N) is 2. The van der Waals surface area contributed by atoms with Crippen molar-refractivity contribution in [3.8, 4) is 0 Å². The molecule has 1 aliphatic rings. The van der Waals surface area contributed by atoms with Crippen LogP contribution in [-0.4, -0.2) is 38.1 Å². The maximum atomic E-state index is 11.9. The van der Waals surface area contributed by atoms with Gasteiger partial charge in [-0.25, -0.2) is 0 Å². The molecule has 2 N–H and O–H groups in total. The number of carbonyl (C=O) groups is 2. The number of ether oxygens (including phenoxy) is 1. The molecule has 0 spiro atoms. The molecule has 0 aromatic heterocycles. The molecule has 0 aliphatic carbocycles. The molecular weight excluding hydrogens is 339 g/mol. The monoisotopic (exact) mass is 358 g/mol. The van der Waals surface area contributed by atoms with Crippen molar-refractivity contribution in [1.82, 2.24) is 10.6 Å². The maximum Gasteiger partial charge on any atom is 0.239 e. The van der Waals surface area contributed by atoms with Gasteiger partial charge >= 0.3 is 0 Å². The number of carbonyl (C=O) groups excluding carboxylic acids is 2. The molecule has 1 aromatic carbocycles. The van der Waals surface area contributed by atoms with Crippen molar-refractivity contribution >= 4 is 35.0 Å². The molecular formula is C16H20Cl2N2O3. The predicted octanol–water partition coefficient (Wildman–Crippen LogP) is 2.19. The summed E-state index contributed by atoms with van der Waals surface area (Å²) in [7, 11) is 0. The molecule has 1 saturated heterocycles. The van der Waals surface area contributed by atoms with Gasteiger partial charge in [-0.15, -0.1) is 0 Å². The molecule has 0 saturated carbocycles. The second-order valence-electron chi connectivity index (χ2n) is 5.44. The van der Waals surface area contributed by atoms with E-state index in [9.17, 15) is 9.59 Å². The first-order valence-electron chi connectivity index (χ1n) is 7.62. The number of rotatable bonds is 6. The Hall–Kier alpha value is -1.30. The lowest BCUT2D eigenvalue weighted by Crippen LogP contribution is -2.41. The summed E-state index contributed by atoms with van der Waals surface area (Å²) in [5.41, 5.74) is 0.919. The molecule has 1 heterocycles. The van der Waals surface area contributed by atoms with E-state index in [1.54, 1.807) is 12.1 Å². The standard InChI is InChI=1S/C16H20Cl2N2O3/c17-13-2-1-11(14(18)9-13)3-6-19-15(21)10-20-16(22)12-4-7-23-8-5-12/h1-2,9,12H,3-8,10H2,(H,19,21)(H,20,22). The molecule has 7 heteroatoms. The molecule has 126 valence electrons. The first-order chi connectivity index (χ1) is 11.1. The highest BCUT2D eigenvalue weighted by molar-refractivity contribution is 6.35. The van der Waals surface area contributed by atoms with Crippen LogP contribution in [0.5, 0.6) is 0 Å². The van der Waals surface area contributed by atoms with Crippen LogP contribution in [0, 0.1) is 5.92 Å². The minimum Gasteiger partial charge on any atom is -0.381 e. The van der Waals surface area contributed by atoms with Gasteiger partial charge in [0.2, 0.25) is 11.8 Å². The van der Waals surface area contributed by atoms with Gasteiger partial charge in [0.25, 0.3) is 0 Å². The lowest BCUT2D eigenvalue weighted by Gasteiger charge is -2.21. The average molecular weight is 359 g/mol. The second kappa shape index (κ2) is 9.11. The zero-order valence-electron chi connectivity index (χ0n) is 12.7. The average Bonchev–Trinajstić information content (AvgIpc) is 2.55. The van der Waals surface area contributed by atoms with Crippen molar-refractivity contribution in [3.63, 3.8) is 0 Å². The molecule has 0 atom stereocenters. The van der Waals surface area contributed by atoms with Crippen LogP contribution in [0.2, 0.25) is 10.0 Å². The third kappa shape index (κ3) is 6.01. The van der Waals surface area contributed by atoms with E-state index >= 15 is 0 Å². The molecule has 1 aromatic rings. The summed E-state index contributed by atoms with van der Waals surface area (Å²) in [5, 5.41) is 6.60. The molecule has 1 fully saturated rings. The van der Waals surface area contributed by atoms with Gasteiger partial charge in [0.15, 0.2) is 0 Å². The van der Waals surface area contributed by atoms with E-state index in [-0.39, 0.29) is 24.3 Å². The Morgan fingerprint density at radius 3 is 2.61 bits per heavy atom. The Morgan fingerprint density at radius 1 is 1.17 bits per heavy atom. The van der Waals surface area contributed by atoms with Gasteiger partial charge in [-0.05, 0) is 37.0 Å². The Bertz CT molecular complexity index is 560. The first kappa shape index (κ1) is 18.0. The Morgan fingerprint density at radius 2 is 1.91 bits per heavy atom. The highest BCUT2D eigenvalue weighted by Gasteiger charge is 2.21. The van der Waals surface area contributed by atoms with Gasteiger partial charge in [0.1, 0.15) is 0 Å². The zero-order valence-corrected chi connectivity index (χ0v) is 14.3. The van der Waals surface area contributed by atoms with Crippen LogP contribution in [0.3, 0.4) is 0 Å². The third-order valence-corrected chi connectivity index (χ3v) is 4.33. The molecule has 23 heavy (non-hydrogen) atoms. The Labute approximate surface area is 145 Å². The quantitative estimate of drug-likeness (QED) is 0.818. The van der Waals surface area contributed by atoms with Crippen molar-refractivity contribution in [1.29, 1.82) is 0 Å². The molecule has 1 aliphatic heterocycles. The summed E-state index contributed by atoms with van der Waals surface area (Å²) >= 11 is 11.9. The van der Waals surface area contributed by atoms with E-state index in [1.807, 2.05) is 6.07 Å². The fraction of sp³-hybridized carbons (Fsp3) is 0.500. The van der Waals surface area contributed by atoms with Crippen molar-refractivity contribution in [2.75, 3.05) is 26.3 Å². The van der Waals surface area contributed by atoms with Gasteiger partial charge < -0.3 is 15.4 Å². The molecule has 2 rings (SSSR count). The number of halogens is 2. The molecule has 0 bridgehead atoms. The van der Waals surface area contributed by atoms with Crippen LogP contribution in [0.4, 0.5) is 0 Å².